The predicted molar refractivity (Wildman–Crippen MR) is 104 cm³/mol. The molecule has 1 saturated heterocycles. The lowest BCUT2D eigenvalue weighted by atomic mass is 10.0. The normalized spacial score (nSPS) is 16.2. The SMILES string of the molecule is Cc1c(Cl)cccc1NC1CCN(CCCc2ccccc2)CC1. The van der Waals surface area contributed by atoms with Crippen molar-refractivity contribution in [3.63, 3.8) is 0 Å². The number of hydrogen-bond acceptors (Lipinski definition) is 2. The van der Waals surface area contributed by atoms with E-state index in [1.807, 2.05) is 12.1 Å². The van der Waals surface area contributed by atoms with Gasteiger partial charge in [-0.25, -0.2) is 0 Å². The fraction of sp³-hybridized carbons (Fsp3) is 0.429. The number of piperidine rings is 1. The van der Waals surface area contributed by atoms with Gasteiger partial charge in [-0.3, -0.25) is 0 Å². The number of hydrogen-bond donors (Lipinski definition) is 1. The van der Waals surface area contributed by atoms with Crippen LogP contribution in [0.25, 0.3) is 0 Å². The highest BCUT2D eigenvalue weighted by molar-refractivity contribution is 6.31. The molecule has 24 heavy (non-hydrogen) atoms. The number of nitrogens with zero attached hydrogens (tertiary/aromatic N) is 1. The highest BCUT2D eigenvalue weighted by Gasteiger charge is 2.19. The first-order valence-corrected chi connectivity index (χ1v) is 9.38. The summed E-state index contributed by atoms with van der Waals surface area (Å²) in [7, 11) is 0. The number of benzene rings is 2. The molecule has 0 saturated carbocycles. The molecule has 0 atom stereocenters. The minimum absolute atomic E-state index is 0.563. The Bertz CT molecular complexity index is 634. The van der Waals surface area contributed by atoms with Gasteiger partial charge in [-0.05, 0) is 62.4 Å². The number of likely N-dealkylation sites (tertiary alicyclic amines) is 1. The zero-order valence-corrected chi connectivity index (χ0v) is 15.2. The van der Waals surface area contributed by atoms with Gasteiger partial charge >= 0.3 is 0 Å². The van der Waals surface area contributed by atoms with Crippen LogP contribution in [0.3, 0.4) is 0 Å². The maximum atomic E-state index is 6.21. The van der Waals surface area contributed by atoms with Crippen molar-refractivity contribution in [3.8, 4) is 0 Å². The minimum Gasteiger partial charge on any atom is -0.382 e. The maximum absolute atomic E-state index is 6.21. The van der Waals surface area contributed by atoms with E-state index in [2.05, 4.69) is 53.5 Å². The van der Waals surface area contributed by atoms with E-state index < -0.39 is 0 Å². The first-order valence-electron chi connectivity index (χ1n) is 9.00. The molecule has 1 aliphatic rings. The van der Waals surface area contributed by atoms with Crippen LogP contribution in [0, 0.1) is 6.92 Å². The second-order valence-electron chi connectivity index (χ2n) is 6.76. The number of rotatable bonds is 6. The van der Waals surface area contributed by atoms with Gasteiger partial charge in [0.2, 0.25) is 0 Å². The van der Waals surface area contributed by atoms with E-state index in [9.17, 15) is 0 Å². The van der Waals surface area contributed by atoms with E-state index in [0.717, 1.165) is 10.6 Å². The smallest absolute Gasteiger partial charge is 0.0455 e. The molecule has 1 heterocycles. The first-order chi connectivity index (χ1) is 11.7. The monoisotopic (exact) mass is 342 g/mol. The van der Waals surface area contributed by atoms with Gasteiger partial charge < -0.3 is 10.2 Å². The van der Waals surface area contributed by atoms with Crippen LogP contribution in [0.15, 0.2) is 48.5 Å². The van der Waals surface area contributed by atoms with E-state index in [1.165, 1.54) is 56.6 Å². The zero-order valence-electron chi connectivity index (χ0n) is 14.5. The first kappa shape index (κ1) is 17.3. The second kappa shape index (κ2) is 8.55. The van der Waals surface area contributed by atoms with Gasteiger partial charge in [0.25, 0.3) is 0 Å². The van der Waals surface area contributed by atoms with Crippen LogP contribution in [0.1, 0.15) is 30.4 Å². The van der Waals surface area contributed by atoms with Gasteiger partial charge in [-0.2, -0.15) is 0 Å². The number of anilines is 1. The fourth-order valence-corrected chi connectivity index (χ4v) is 3.61. The van der Waals surface area contributed by atoms with E-state index in [1.54, 1.807) is 0 Å². The summed E-state index contributed by atoms with van der Waals surface area (Å²) in [6, 6.07) is 17.5. The summed E-state index contributed by atoms with van der Waals surface area (Å²) in [6.07, 6.45) is 4.84. The Morgan fingerprint density at radius 2 is 1.79 bits per heavy atom. The van der Waals surface area contributed by atoms with E-state index >= 15 is 0 Å². The molecule has 2 aromatic rings. The molecule has 0 radical (unpaired) electrons. The van der Waals surface area contributed by atoms with Crippen molar-refractivity contribution in [2.45, 2.75) is 38.6 Å². The van der Waals surface area contributed by atoms with E-state index in [-0.39, 0.29) is 0 Å². The van der Waals surface area contributed by atoms with Crippen molar-refractivity contribution in [2.75, 3.05) is 25.0 Å². The lowest BCUT2D eigenvalue weighted by molar-refractivity contribution is 0.217. The van der Waals surface area contributed by atoms with Crippen molar-refractivity contribution in [1.82, 2.24) is 4.90 Å². The number of aryl methyl sites for hydroxylation is 1. The lowest BCUT2D eigenvalue weighted by Gasteiger charge is -2.33. The van der Waals surface area contributed by atoms with Gasteiger partial charge in [0.05, 0.1) is 0 Å². The summed E-state index contributed by atoms with van der Waals surface area (Å²) in [5, 5.41) is 4.53. The van der Waals surface area contributed by atoms with Crippen LogP contribution >= 0.6 is 11.6 Å². The highest BCUT2D eigenvalue weighted by Crippen LogP contribution is 2.25. The third-order valence-electron chi connectivity index (χ3n) is 5.00. The Morgan fingerprint density at radius 3 is 2.54 bits per heavy atom. The standard InChI is InChI=1S/C21H27ClN2/c1-17-20(22)10-5-11-21(17)23-19-12-15-24(16-13-19)14-6-9-18-7-3-2-4-8-18/h2-5,7-8,10-11,19,23H,6,9,12-16H2,1H3. The molecule has 0 aromatic heterocycles. The molecular weight excluding hydrogens is 316 g/mol. The Kier molecular flexibility index (Phi) is 6.17. The number of nitrogens with one attached hydrogen (secondary N) is 1. The topological polar surface area (TPSA) is 15.3 Å². The molecule has 0 spiro atoms. The van der Waals surface area contributed by atoms with Crippen molar-refractivity contribution in [2.24, 2.45) is 0 Å². The molecule has 0 unspecified atom stereocenters. The molecule has 1 aliphatic heterocycles. The highest BCUT2D eigenvalue weighted by atomic mass is 35.5. The Labute approximate surface area is 150 Å². The van der Waals surface area contributed by atoms with E-state index in [0.29, 0.717) is 6.04 Å². The van der Waals surface area contributed by atoms with Crippen LogP contribution in [0.5, 0.6) is 0 Å². The minimum atomic E-state index is 0.563. The van der Waals surface area contributed by atoms with Gasteiger partial charge in [-0.15, -0.1) is 0 Å². The second-order valence-corrected chi connectivity index (χ2v) is 7.17. The molecule has 1 fully saturated rings. The largest absolute Gasteiger partial charge is 0.382 e. The molecule has 1 N–H and O–H groups in total. The van der Waals surface area contributed by atoms with Gasteiger partial charge in [-0.1, -0.05) is 48.0 Å². The molecule has 0 bridgehead atoms. The lowest BCUT2D eigenvalue weighted by Crippen LogP contribution is -2.39. The van der Waals surface area contributed by atoms with Gasteiger partial charge in [0.15, 0.2) is 0 Å². The molecule has 0 aliphatic carbocycles. The summed E-state index contributed by atoms with van der Waals surface area (Å²) in [4.78, 5) is 2.60. The van der Waals surface area contributed by atoms with Crippen molar-refractivity contribution < 1.29 is 0 Å². The van der Waals surface area contributed by atoms with Gasteiger partial charge in [0.1, 0.15) is 0 Å². The van der Waals surface area contributed by atoms with Gasteiger partial charge in [0, 0.05) is 29.8 Å². The van der Waals surface area contributed by atoms with Crippen molar-refractivity contribution >= 4 is 17.3 Å². The Morgan fingerprint density at radius 1 is 1.04 bits per heavy atom. The van der Waals surface area contributed by atoms with Crippen LogP contribution < -0.4 is 5.32 Å². The maximum Gasteiger partial charge on any atom is 0.0455 e. The molecule has 2 aromatic carbocycles. The summed E-state index contributed by atoms with van der Waals surface area (Å²) >= 11 is 6.21. The fourth-order valence-electron chi connectivity index (χ4n) is 3.44. The molecule has 128 valence electrons. The van der Waals surface area contributed by atoms with Crippen molar-refractivity contribution in [1.29, 1.82) is 0 Å². The average Bonchev–Trinajstić information content (AvgIpc) is 2.61. The summed E-state index contributed by atoms with van der Waals surface area (Å²) in [6.45, 7) is 5.67. The summed E-state index contributed by atoms with van der Waals surface area (Å²) < 4.78 is 0. The van der Waals surface area contributed by atoms with Crippen LogP contribution in [-0.4, -0.2) is 30.6 Å². The molecule has 0 amide bonds. The summed E-state index contributed by atoms with van der Waals surface area (Å²) in [5.74, 6) is 0. The zero-order chi connectivity index (χ0) is 16.8. The van der Waals surface area contributed by atoms with Crippen LogP contribution in [0.4, 0.5) is 5.69 Å². The predicted octanol–water partition coefficient (Wildman–Crippen LogP) is 5.16. The molecular formula is C21H27ClN2. The number of halogens is 1. The average molecular weight is 343 g/mol. The van der Waals surface area contributed by atoms with E-state index in [4.69, 9.17) is 11.6 Å². The van der Waals surface area contributed by atoms with Crippen molar-refractivity contribution in [3.05, 3.63) is 64.7 Å². The quantitative estimate of drug-likeness (QED) is 0.780. The molecule has 3 heteroatoms. The third-order valence-corrected chi connectivity index (χ3v) is 5.41. The van der Waals surface area contributed by atoms with Crippen LogP contribution in [-0.2, 0) is 6.42 Å². The third kappa shape index (κ3) is 4.75. The molecule has 3 rings (SSSR count). The molecule has 2 nitrogen and oxygen atoms in total. The van der Waals surface area contributed by atoms with Crippen LogP contribution in [0.2, 0.25) is 5.02 Å². The summed E-state index contributed by atoms with van der Waals surface area (Å²) in [5.41, 5.74) is 3.79. The Hall–Kier alpha value is -1.51. The Balaban J connectivity index is 1.40.